The van der Waals surface area contributed by atoms with E-state index in [9.17, 15) is 19.1 Å². The second-order valence-electron chi connectivity index (χ2n) is 6.29. The summed E-state index contributed by atoms with van der Waals surface area (Å²) in [5.41, 5.74) is 5.33. The summed E-state index contributed by atoms with van der Waals surface area (Å²) < 4.78 is 13.1. The molecule has 1 aliphatic heterocycles. The van der Waals surface area contributed by atoms with Gasteiger partial charge in [0.1, 0.15) is 11.9 Å². The number of amides is 2. The zero-order valence-corrected chi connectivity index (χ0v) is 12.2. The molecule has 1 aromatic carbocycles. The number of hydrogen-bond acceptors (Lipinski definition) is 3. The molecule has 2 fully saturated rings. The van der Waals surface area contributed by atoms with Crippen LogP contribution in [0.2, 0.25) is 0 Å². The number of aliphatic hydroxyl groups is 1. The van der Waals surface area contributed by atoms with Crippen molar-refractivity contribution in [2.75, 3.05) is 4.90 Å². The van der Waals surface area contributed by atoms with Crippen LogP contribution in [0.25, 0.3) is 0 Å². The van der Waals surface area contributed by atoms with Gasteiger partial charge in [-0.25, -0.2) is 4.39 Å². The van der Waals surface area contributed by atoms with Gasteiger partial charge in [0.05, 0.1) is 11.5 Å². The van der Waals surface area contributed by atoms with Gasteiger partial charge in [-0.05, 0) is 56.4 Å². The van der Waals surface area contributed by atoms with Gasteiger partial charge in [-0.2, -0.15) is 0 Å². The molecule has 1 aromatic rings. The molecule has 22 heavy (non-hydrogen) atoms. The third-order valence-corrected chi connectivity index (χ3v) is 4.91. The highest BCUT2D eigenvalue weighted by Gasteiger charge is 2.54. The molecule has 1 unspecified atom stereocenters. The molecule has 2 amide bonds. The Kier molecular flexibility index (Phi) is 3.64. The molecule has 5 nitrogen and oxygen atoms in total. The summed E-state index contributed by atoms with van der Waals surface area (Å²) in [6, 6.07) is 4.78. The van der Waals surface area contributed by atoms with Crippen molar-refractivity contribution in [2.24, 2.45) is 11.1 Å². The number of carbonyl (C=O) groups excluding carboxylic acids is 2. The molecule has 0 aromatic heterocycles. The van der Waals surface area contributed by atoms with Crippen molar-refractivity contribution in [3.8, 4) is 0 Å². The first kappa shape index (κ1) is 15.0. The topological polar surface area (TPSA) is 83.6 Å². The lowest BCUT2D eigenvalue weighted by Crippen LogP contribution is -2.43. The van der Waals surface area contributed by atoms with E-state index in [4.69, 9.17) is 5.73 Å². The van der Waals surface area contributed by atoms with Gasteiger partial charge in [-0.1, -0.05) is 0 Å². The molecule has 6 heteroatoms. The number of anilines is 1. The first-order valence-corrected chi connectivity index (χ1v) is 7.49. The highest BCUT2D eigenvalue weighted by molar-refractivity contribution is 6.06. The van der Waals surface area contributed by atoms with Gasteiger partial charge in [-0.15, -0.1) is 0 Å². The van der Waals surface area contributed by atoms with Gasteiger partial charge in [0.15, 0.2) is 0 Å². The lowest BCUT2D eigenvalue weighted by molar-refractivity contribution is -0.128. The SMILES string of the molecule is NC(=O)C1CC2(CCC(O)CC2)C(=O)N1c1ccc(F)cc1. The van der Waals surface area contributed by atoms with Crippen LogP contribution in [-0.4, -0.2) is 29.1 Å². The number of nitrogens with zero attached hydrogens (tertiary/aromatic N) is 1. The van der Waals surface area contributed by atoms with Crippen molar-refractivity contribution in [2.45, 2.75) is 44.2 Å². The Balaban J connectivity index is 1.95. The van der Waals surface area contributed by atoms with Crippen LogP contribution >= 0.6 is 0 Å². The van der Waals surface area contributed by atoms with Crippen LogP contribution in [-0.2, 0) is 9.59 Å². The van der Waals surface area contributed by atoms with Crippen molar-refractivity contribution < 1.29 is 19.1 Å². The van der Waals surface area contributed by atoms with E-state index in [-0.39, 0.29) is 12.0 Å². The van der Waals surface area contributed by atoms with Gasteiger partial charge in [0, 0.05) is 5.69 Å². The molecule has 0 radical (unpaired) electrons. The minimum atomic E-state index is -0.715. The summed E-state index contributed by atoms with van der Waals surface area (Å²) in [7, 11) is 0. The quantitative estimate of drug-likeness (QED) is 0.865. The fraction of sp³-hybridized carbons (Fsp3) is 0.500. The standard InChI is InChI=1S/C16H19FN2O3/c17-10-1-3-11(4-2-10)19-13(14(18)21)9-16(15(19)22)7-5-12(20)6-8-16/h1-4,12-13,20H,5-9H2,(H2,18,21). The summed E-state index contributed by atoms with van der Waals surface area (Å²) in [6.45, 7) is 0. The zero-order chi connectivity index (χ0) is 15.9. The average molecular weight is 306 g/mol. The van der Waals surface area contributed by atoms with Crippen LogP contribution in [0.5, 0.6) is 0 Å². The molecular weight excluding hydrogens is 287 g/mol. The maximum absolute atomic E-state index is 13.1. The number of nitrogens with two attached hydrogens (primary N) is 1. The number of hydrogen-bond donors (Lipinski definition) is 2. The first-order chi connectivity index (χ1) is 10.4. The maximum Gasteiger partial charge on any atom is 0.240 e. The largest absolute Gasteiger partial charge is 0.393 e. The fourth-order valence-corrected chi connectivity index (χ4v) is 3.65. The Morgan fingerprint density at radius 2 is 1.86 bits per heavy atom. The second-order valence-corrected chi connectivity index (χ2v) is 6.29. The summed E-state index contributed by atoms with van der Waals surface area (Å²) in [5.74, 6) is -1.10. The third kappa shape index (κ3) is 2.37. The molecule has 1 atom stereocenters. The number of carbonyl (C=O) groups is 2. The van der Waals surface area contributed by atoms with Crippen LogP contribution in [0.4, 0.5) is 10.1 Å². The molecule has 1 heterocycles. The molecule has 1 saturated carbocycles. The van der Waals surface area contributed by atoms with E-state index in [2.05, 4.69) is 0 Å². The Morgan fingerprint density at radius 3 is 2.41 bits per heavy atom. The summed E-state index contributed by atoms with van der Waals surface area (Å²) >= 11 is 0. The minimum absolute atomic E-state index is 0.144. The molecule has 1 aliphatic carbocycles. The fourth-order valence-electron chi connectivity index (χ4n) is 3.65. The molecule has 0 bridgehead atoms. The number of aliphatic hydroxyl groups excluding tert-OH is 1. The van der Waals surface area contributed by atoms with Gasteiger partial charge < -0.3 is 10.8 Å². The predicted octanol–water partition coefficient (Wildman–Crippen LogP) is 1.34. The van der Waals surface area contributed by atoms with Crippen LogP contribution in [0.15, 0.2) is 24.3 Å². The normalized spacial score (nSPS) is 31.7. The number of benzene rings is 1. The van der Waals surface area contributed by atoms with Gasteiger partial charge >= 0.3 is 0 Å². The average Bonchev–Trinajstić information content (AvgIpc) is 2.77. The maximum atomic E-state index is 13.1. The third-order valence-electron chi connectivity index (χ3n) is 4.91. The second kappa shape index (κ2) is 5.35. The van der Waals surface area contributed by atoms with Crippen molar-refractivity contribution >= 4 is 17.5 Å². The smallest absolute Gasteiger partial charge is 0.240 e. The monoisotopic (exact) mass is 306 g/mol. The first-order valence-electron chi connectivity index (χ1n) is 7.49. The molecule has 3 N–H and O–H groups in total. The highest BCUT2D eigenvalue weighted by Crippen LogP contribution is 2.48. The molecule has 3 rings (SSSR count). The number of rotatable bonds is 2. The van der Waals surface area contributed by atoms with Crippen molar-refractivity contribution in [1.29, 1.82) is 0 Å². The van der Waals surface area contributed by atoms with Crippen LogP contribution in [0, 0.1) is 11.2 Å². The Hall–Kier alpha value is -1.95. The van der Waals surface area contributed by atoms with E-state index in [0.717, 1.165) is 0 Å². The summed E-state index contributed by atoms with van der Waals surface area (Å²) in [6.07, 6.45) is 2.18. The van der Waals surface area contributed by atoms with Crippen molar-refractivity contribution in [3.05, 3.63) is 30.1 Å². The molecular formula is C16H19FN2O3. The Labute approximate surface area is 127 Å². The number of primary amides is 1. The van der Waals surface area contributed by atoms with Gasteiger partial charge in [-0.3, -0.25) is 14.5 Å². The van der Waals surface area contributed by atoms with E-state index >= 15 is 0 Å². The van der Waals surface area contributed by atoms with Crippen LogP contribution in [0.3, 0.4) is 0 Å². The van der Waals surface area contributed by atoms with Crippen LogP contribution < -0.4 is 10.6 Å². The van der Waals surface area contributed by atoms with Gasteiger partial charge in [0.25, 0.3) is 0 Å². The zero-order valence-electron chi connectivity index (χ0n) is 12.2. The number of halogens is 1. The van der Waals surface area contributed by atoms with E-state index in [1.54, 1.807) is 0 Å². The van der Waals surface area contributed by atoms with Crippen molar-refractivity contribution in [1.82, 2.24) is 0 Å². The lowest BCUT2D eigenvalue weighted by atomic mass is 9.71. The summed E-state index contributed by atoms with van der Waals surface area (Å²) in [5, 5.41) is 9.67. The van der Waals surface area contributed by atoms with Crippen molar-refractivity contribution in [3.63, 3.8) is 0 Å². The Morgan fingerprint density at radius 1 is 1.27 bits per heavy atom. The highest BCUT2D eigenvalue weighted by atomic mass is 19.1. The lowest BCUT2D eigenvalue weighted by Gasteiger charge is -2.33. The van der Waals surface area contributed by atoms with Gasteiger partial charge in [0.2, 0.25) is 11.8 Å². The van der Waals surface area contributed by atoms with E-state index in [0.29, 0.717) is 37.8 Å². The minimum Gasteiger partial charge on any atom is -0.393 e. The summed E-state index contributed by atoms with van der Waals surface area (Å²) in [4.78, 5) is 26.1. The molecule has 1 saturated heterocycles. The van der Waals surface area contributed by atoms with E-state index in [1.165, 1.54) is 29.2 Å². The molecule has 2 aliphatic rings. The molecule has 118 valence electrons. The van der Waals surface area contributed by atoms with E-state index in [1.807, 2.05) is 0 Å². The predicted molar refractivity (Wildman–Crippen MR) is 78.4 cm³/mol. The Bertz CT molecular complexity index is 594. The van der Waals surface area contributed by atoms with Crippen LogP contribution in [0.1, 0.15) is 32.1 Å². The molecule has 1 spiro atoms. The van der Waals surface area contributed by atoms with E-state index < -0.39 is 23.2 Å².